The molecule has 1 aliphatic heterocycles. The quantitative estimate of drug-likeness (QED) is 0.818. The fraction of sp³-hybridized carbons (Fsp3) is 0.818. The number of nitrogens with zero attached hydrogens (tertiary/aromatic N) is 4. The lowest BCUT2D eigenvalue weighted by Gasteiger charge is -2.24. The molecule has 1 unspecified atom stereocenters. The Morgan fingerprint density at radius 2 is 2.37 bits per heavy atom. The van der Waals surface area contributed by atoms with Crippen molar-refractivity contribution in [1.29, 1.82) is 0 Å². The van der Waals surface area contributed by atoms with Crippen molar-refractivity contribution in [3.05, 3.63) is 5.82 Å². The minimum Gasteiger partial charge on any atom is -0.444 e. The van der Waals surface area contributed by atoms with Crippen LogP contribution in [0.3, 0.4) is 0 Å². The minimum atomic E-state index is -0.451. The van der Waals surface area contributed by atoms with Crippen molar-refractivity contribution < 1.29 is 9.53 Å². The normalized spacial score (nSPS) is 19.7. The topological polar surface area (TPSA) is 96.0 Å². The largest absolute Gasteiger partial charge is 0.444 e. The average molecular weight is 268 g/mol. The van der Waals surface area contributed by atoms with E-state index in [9.17, 15) is 4.79 Å². The van der Waals surface area contributed by atoms with E-state index < -0.39 is 5.60 Å². The molecule has 0 radical (unpaired) electrons. The number of hydrogen-bond acceptors (Lipinski definition) is 6. The molecular weight excluding hydrogens is 248 g/mol. The molecule has 1 aliphatic rings. The lowest BCUT2D eigenvalue weighted by Crippen LogP contribution is -2.38. The minimum absolute atomic E-state index is 0.242. The fourth-order valence-corrected chi connectivity index (χ4v) is 1.91. The lowest BCUT2D eigenvalue weighted by molar-refractivity contribution is 0.0291. The van der Waals surface area contributed by atoms with Crippen molar-refractivity contribution >= 4 is 6.09 Å². The maximum absolute atomic E-state index is 11.9. The molecule has 1 saturated heterocycles. The third-order valence-corrected chi connectivity index (χ3v) is 2.78. The van der Waals surface area contributed by atoms with Crippen LogP contribution >= 0.6 is 0 Å². The van der Waals surface area contributed by atoms with Gasteiger partial charge in [0.2, 0.25) is 0 Å². The Morgan fingerprint density at radius 1 is 1.58 bits per heavy atom. The van der Waals surface area contributed by atoms with Crippen molar-refractivity contribution in [3.63, 3.8) is 0 Å². The molecule has 1 atom stereocenters. The van der Waals surface area contributed by atoms with Crippen LogP contribution in [0.5, 0.6) is 0 Å². The van der Waals surface area contributed by atoms with Gasteiger partial charge >= 0.3 is 6.09 Å². The van der Waals surface area contributed by atoms with Gasteiger partial charge in [-0.3, -0.25) is 0 Å². The van der Waals surface area contributed by atoms with Crippen LogP contribution in [0.25, 0.3) is 0 Å². The molecule has 1 fully saturated rings. The van der Waals surface area contributed by atoms with Crippen LogP contribution in [-0.2, 0) is 11.3 Å². The number of tetrazole rings is 1. The Hall–Kier alpha value is -1.70. The van der Waals surface area contributed by atoms with E-state index in [1.165, 1.54) is 0 Å². The summed E-state index contributed by atoms with van der Waals surface area (Å²) in [6, 6.07) is 0.242. The van der Waals surface area contributed by atoms with Crippen LogP contribution in [-0.4, -0.2) is 56.3 Å². The molecule has 8 nitrogen and oxygen atoms in total. The standard InChI is InChI=1S/C11H20N6O2/c1-11(2,3)19-10(18)17-5-4-8(7-17)12-6-9-13-15-16-14-9/h8,12H,4-7H2,1-3H3,(H,13,14,15,16). The van der Waals surface area contributed by atoms with Gasteiger partial charge < -0.3 is 15.0 Å². The van der Waals surface area contributed by atoms with Gasteiger partial charge in [0.15, 0.2) is 5.82 Å². The van der Waals surface area contributed by atoms with Crippen molar-refractivity contribution in [2.45, 2.75) is 45.4 Å². The summed E-state index contributed by atoms with van der Waals surface area (Å²) in [6.07, 6.45) is 0.647. The summed E-state index contributed by atoms with van der Waals surface area (Å²) in [7, 11) is 0. The summed E-state index contributed by atoms with van der Waals surface area (Å²) in [5.74, 6) is 0.621. The zero-order valence-corrected chi connectivity index (χ0v) is 11.5. The van der Waals surface area contributed by atoms with Gasteiger partial charge in [0.05, 0.1) is 6.54 Å². The van der Waals surface area contributed by atoms with Gasteiger partial charge in [-0.05, 0) is 27.2 Å². The van der Waals surface area contributed by atoms with E-state index in [2.05, 4.69) is 25.9 Å². The predicted octanol–water partition coefficient (Wildman–Crippen LogP) is 0.299. The molecule has 0 spiro atoms. The molecule has 2 heterocycles. The molecule has 0 saturated carbocycles. The number of amides is 1. The molecule has 2 rings (SSSR count). The molecule has 0 bridgehead atoms. The number of H-pyrrole nitrogens is 1. The molecule has 19 heavy (non-hydrogen) atoms. The number of hydrogen-bond donors (Lipinski definition) is 2. The van der Waals surface area contributed by atoms with E-state index in [4.69, 9.17) is 4.74 Å². The van der Waals surface area contributed by atoms with Crippen LogP contribution in [0.15, 0.2) is 0 Å². The van der Waals surface area contributed by atoms with Crippen LogP contribution in [0, 0.1) is 0 Å². The Bertz CT molecular complexity index is 413. The number of nitrogens with one attached hydrogen (secondary N) is 2. The average Bonchev–Trinajstić information content (AvgIpc) is 2.96. The highest BCUT2D eigenvalue weighted by atomic mass is 16.6. The number of aromatic nitrogens is 4. The van der Waals surface area contributed by atoms with Crippen molar-refractivity contribution in [1.82, 2.24) is 30.8 Å². The summed E-state index contributed by atoms with van der Waals surface area (Å²) in [6.45, 7) is 7.50. The maximum atomic E-state index is 11.9. The van der Waals surface area contributed by atoms with Crippen LogP contribution in [0.4, 0.5) is 4.79 Å². The van der Waals surface area contributed by atoms with Gasteiger partial charge in [-0.1, -0.05) is 5.21 Å². The summed E-state index contributed by atoms with van der Waals surface area (Å²) in [5.41, 5.74) is -0.451. The predicted molar refractivity (Wildman–Crippen MR) is 67.2 cm³/mol. The van der Waals surface area contributed by atoms with E-state index in [1.807, 2.05) is 20.8 Å². The van der Waals surface area contributed by atoms with Gasteiger partial charge in [0, 0.05) is 19.1 Å². The number of aromatic amines is 1. The molecule has 1 amide bonds. The van der Waals surface area contributed by atoms with Gasteiger partial charge in [-0.25, -0.2) is 4.79 Å². The molecule has 1 aromatic rings. The second-order valence-electron chi connectivity index (χ2n) is 5.62. The van der Waals surface area contributed by atoms with Crippen molar-refractivity contribution in [2.24, 2.45) is 0 Å². The number of ether oxygens (including phenoxy) is 1. The Kier molecular flexibility index (Phi) is 3.98. The fourth-order valence-electron chi connectivity index (χ4n) is 1.91. The second-order valence-corrected chi connectivity index (χ2v) is 5.62. The highest BCUT2D eigenvalue weighted by Gasteiger charge is 2.29. The second kappa shape index (κ2) is 5.52. The molecule has 106 valence electrons. The molecule has 8 heteroatoms. The van der Waals surface area contributed by atoms with Gasteiger partial charge in [0.25, 0.3) is 0 Å². The van der Waals surface area contributed by atoms with Crippen LogP contribution < -0.4 is 5.32 Å². The van der Waals surface area contributed by atoms with Gasteiger partial charge in [-0.15, -0.1) is 10.2 Å². The van der Waals surface area contributed by atoms with E-state index in [-0.39, 0.29) is 12.1 Å². The zero-order chi connectivity index (χ0) is 13.9. The van der Waals surface area contributed by atoms with E-state index in [0.29, 0.717) is 25.5 Å². The van der Waals surface area contributed by atoms with E-state index in [0.717, 1.165) is 6.42 Å². The first-order chi connectivity index (χ1) is 8.94. The van der Waals surface area contributed by atoms with E-state index >= 15 is 0 Å². The number of likely N-dealkylation sites (tertiary alicyclic amines) is 1. The molecule has 0 aliphatic carbocycles. The van der Waals surface area contributed by atoms with Crippen LogP contribution in [0.1, 0.15) is 33.0 Å². The summed E-state index contributed by atoms with van der Waals surface area (Å²) in [5, 5.41) is 16.9. The number of carbonyl (C=O) groups excluding carboxylic acids is 1. The maximum Gasteiger partial charge on any atom is 0.410 e. The Morgan fingerprint density at radius 3 is 3.00 bits per heavy atom. The third kappa shape index (κ3) is 4.16. The molecular formula is C11H20N6O2. The molecule has 1 aromatic heterocycles. The first-order valence-electron chi connectivity index (χ1n) is 6.38. The summed E-state index contributed by atoms with van der Waals surface area (Å²) in [4.78, 5) is 13.6. The van der Waals surface area contributed by atoms with Gasteiger partial charge in [-0.2, -0.15) is 5.21 Å². The van der Waals surface area contributed by atoms with Crippen molar-refractivity contribution in [3.8, 4) is 0 Å². The first kappa shape index (κ1) is 13.7. The Labute approximate surface area is 111 Å². The summed E-state index contributed by atoms with van der Waals surface area (Å²) >= 11 is 0. The highest BCUT2D eigenvalue weighted by Crippen LogP contribution is 2.15. The Balaban J connectivity index is 1.75. The molecule has 2 N–H and O–H groups in total. The first-order valence-corrected chi connectivity index (χ1v) is 6.38. The lowest BCUT2D eigenvalue weighted by atomic mass is 10.2. The van der Waals surface area contributed by atoms with Gasteiger partial charge in [0.1, 0.15) is 5.60 Å². The monoisotopic (exact) mass is 268 g/mol. The highest BCUT2D eigenvalue weighted by molar-refractivity contribution is 5.68. The smallest absolute Gasteiger partial charge is 0.410 e. The summed E-state index contributed by atoms with van der Waals surface area (Å²) < 4.78 is 5.34. The van der Waals surface area contributed by atoms with E-state index in [1.54, 1.807) is 4.90 Å². The molecule has 0 aromatic carbocycles. The van der Waals surface area contributed by atoms with Crippen LogP contribution in [0.2, 0.25) is 0 Å². The number of carbonyl (C=O) groups is 1. The SMILES string of the molecule is CC(C)(C)OC(=O)N1CCC(NCc2nn[nH]n2)C1. The number of rotatable bonds is 3. The third-order valence-electron chi connectivity index (χ3n) is 2.78. The van der Waals surface area contributed by atoms with Crippen molar-refractivity contribution in [2.75, 3.05) is 13.1 Å². The zero-order valence-electron chi connectivity index (χ0n) is 11.5.